The van der Waals surface area contributed by atoms with Crippen LogP contribution in [0.15, 0.2) is 40.8 Å². The van der Waals surface area contributed by atoms with Crippen LogP contribution >= 0.6 is 0 Å². The summed E-state index contributed by atoms with van der Waals surface area (Å²) in [5, 5.41) is 2.19. The summed E-state index contributed by atoms with van der Waals surface area (Å²) in [7, 11) is -4.14. The summed E-state index contributed by atoms with van der Waals surface area (Å²) in [5.74, 6) is -4.98. The molecule has 42 heavy (non-hydrogen) atoms. The van der Waals surface area contributed by atoms with Gasteiger partial charge in [0.25, 0.3) is 11.8 Å². The van der Waals surface area contributed by atoms with E-state index in [1.54, 1.807) is 4.72 Å². The van der Waals surface area contributed by atoms with E-state index >= 15 is 0 Å². The molecule has 3 aromatic rings. The highest BCUT2D eigenvalue weighted by atomic mass is 32.2. The monoisotopic (exact) mass is 614 g/mol. The quantitative estimate of drug-likeness (QED) is 0.259. The van der Waals surface area contributed by atoms with E-state index in [4.69, 9.17) is 14.9 Å². The molecule has 11 nitrogen and oxygen atoms in total. The van der Waals surface area contributed by atoms with Gasteiger partial charge < -0.3 is 24.9 Å². The second-order valence-electron chi connectivity index (χ2n) is 9.63. The lowest BCUT2D eigenvalue weighted by Crippen LogP contribution is -2.43. The van der Waals surface area contributed by atoms with E-state index in [9.17, 15) is 35.6 Å². The number of nitrogens with zero attached hydrogens (tertiary/aromatic N) is 1. The fraction of sp³-hybridized carbons (Fsp3) is 0.346. The second kappa shape index (κ2) is 12.4. The third-order valence-electron chi connectivity index (χ3n) is 5.96. The summed E-state index contributed by atoms with van der Waals surface area (Å²) < 4.78 is 94.8. The molecule has 0 aliphatic heterocycles. The number of oxazole rings is 1. The fourth-order valence-corrected chi connectivity index (χ4v) is 4.31. The largest absolute Gasteiger partial charge is 0.489 e. The number of hydrogen-bond acceptors (Lipinski definition) is 9. The number of amides is 2. The molecule has 2 atom stereocenters. The van der Waals surface area contributed by atoms with E-state index in [-0.39, 0.29) is 41.2 Å². The van der Waals surface area contributed by atoms with Gasteiger partial charge in [-0.15, -0.1) is 0 Å². The molecular weight excluding hydrogens is 588 g/mol. The Balaban J connectivity index is 1.69. The molecule has 4 rings (SSSR count). The van der Waals surface area contributed by atoms with Crippen LogP contribution in [-0.4, -0.2) is 44.7 Å². The Morgan fingerprint density at radius 1 is 1.14 bits per heavy atom. The molecule has 1 aliphatic carbocycles. The minimum absolute atomic E-state index is 0.0180. The summed E-state index contributed by atoms with van der Waals surface area (Å²) in [6, 6.07) is 3.12. The molecule has 2 aromatic carbocycles. The van der Waals surface area contributed by atoms with Crippen LogP contribution in [0.5, 0.6) is 11.5 Å². The van der Waals surface area contributed by atoms with Crippen molar-refractivity contribution in [2.24, 2.45) is 11.7 Å². The summed E-state index contributed by atoms with van der Waals surface area (Å²) in [4.78, 5) is 30.2. The third-order valence-corrected chi connectivity index (χ3v) is 6.53. The summed E-state index contributed by atoms with van der Waals surface area (Å²) in [6.07, 6.45) is 2.54. The van der Waals surface area contributed by atoms with E-state index in [1.165, 1.54) is 25.1 Å². The highest BCUT2D eigenvalue weighted by Crippen LogP contribution is 2.37. The first kappa shape index (κ1) is 30.8. The maximum absolute atomic E-state index is 14.6. The predicted molar refractivity (Wildman–Crippen MR) is 139 cm³/mol. The molecule has 1 fully saturated rings. The molecule has 1 saturated carbocycles. The van der Waals surface area contributed by atoms with Gasteiger partial charge in [-0.3, -0.25) is 14.3 Å². The van der Waals surface area contributed by atoms with Crippen LogP contribution in [0.4, 0.5) is 17.6 Å². The molecule has 0 radical (unpaired) electrons. The van der Waals surface area contributed by atoms with Crippen molar-refractivity contribution in [1.82, 2.24) is 15.0 Å². The number of aromatic nitrogens is 1. The minimum Gasteiger partial charge on any atom is -0.489 e. The lowest BCUT2D eigenvalue weighted by molar-refractivity contribution is -0.121. The normalized spacial score (nSPS) is 14.8. The molecule has 1 aromatic heterocycles. The van der Waals surface area contributed by atoms with Crippen LogP contribution in [0.3, 0.4) is 0 Å². The lowest BCUT2D eigenvalue weighted by Gasteiger charge is -2.18. The van der Waals surface area contributed by atoms with Crippen LogP contribution in [0.2, 0.25) is 0 Å². The average molecular weight is 615 g/mol. The number of nitrogens with one attached hydrogen (secondary N) is 2. The zero-order valence-corrected chi connectivity index (χ0v) is 23.0. The Kier molecular flexibility index (Phi) is 9.06. The molecule has 4 N–H and O–H groups in total. The molecule has 0 unspecified atom stereocenters. The molecule has 2 amide bonds. The van der Waals surface area contributed by atoms with Gasteiger partial charge in [0.1, 0.15) is 17.7 Å². The second-order valence-corrected chi connectivity index (χ2v) is 11.4. The molecule has 1 aliphatic rings. The van der Waals surface area contributed by atoms with E-state index in [1.807, 2.05) is 0 Å². The first-order valence-corrected chi connectivity index (χ1v) is 14.4. The Morgan fingerprint density at radius 2 is 1.86 bits per heavy atom. The first-order valence-electron chi connectivity index (χ1n) is 12.5. The molecule has 16 heteroatoms. The van der Waals surface area contributed by atoms with Crippen molar-refractivity contribution < 1.29 is 49.5 Å². The van der Waals surface area contributed by atoms with Gasteiger partial charge in [-0.2, -0.15) is 8.78 Å². The first-order chi connectivity index (χ1) is 19.7. The Bertz CT molecular complexity index is 1590. The van der Waals surface area contributed by atoms with Crippen LogP contribution in [0.25, 0.3) is 11.5 Å². The third kappa shape index (κ3) is 7.76. The Hall–Kier alpha value is -4.18. The summed E-state index contributed by atoms with van der Waals surface area (Å²) >= 11 is 0. The Morgan fingerprint density at radius 3 is 2.45 bits per heavy atom. The molecule has 0 bridgehead atoms. The summed E-state index contributed by atoms with van der Waals surface area (Å²) in [5.41, 5.74) is 5.18. The van der Waals surface area contributed by atoms with Crippen LogP contribution in [-0.2, 0) is 14.8 Å². The molecule has 0 saturated heterocycles. The number of sulfonamides is 1. The highest BCUT2D eigenvalue weighted by Gasteiger charge is 2.32. The number of nitrogens with two attached hydrogens (primary N) is 1. The van der Waals surface area contributed by atoms with Crippen molar-refractivity contribution in [3.63, 3.8) is 0 Å². The maximum atomic E-state index is 14.6. The molecule has 226 valence electrons. The van der Waals surface area contributed by atoms with Gasteiger partial charge in [0.15, 0.2) is 23.0 Å². The number of rotatable bonds is 12. The van der Waals surface area contributed by atoms with Crippen molar-refractivity contribution in [3.8, 4) is 23.0 Å². The van der Waals surface area contributed by atoms with Crippen molar-refractivity contribution in [2.75, 3.05) is 12.9 Å². The van der Waals surface area contributed by atoms with Gasteiger partial charge in [0.05, 0.1) is 18.9 Å². The van der Waals surface area contributed by atoms with Gasteiger partial charge in [0.2, 0.25) is 15.9 Å². The van der Waals surface area contributed by atoms with E-state index in [0.717, 1.165) is 25.0 Å². The topological polar surface area (TPSA) is 163 Å². The SMILES string of the molecule is C[C@H](N)c1oc(-c2ccc(OC(F)F)c(OCC3CC3)c2)nc1C(=O)N[C@@H](C(=O)NS(C)(=O)=O)c1ccc(F)cc1F. The Labute approximate surface area is 237 Å². The van der Waals surface area contributed by atoms with E-state index in [0.29, 0.717) is 12.3 Å². The van der Waals surface area contributed by atoms with Gasteiger partial charge >= 0.3 is 6.61 Å². The van der Waals surface area contributed by atoms with Crippen molar-refractivity contribution >= 4 is 21.8 Å². The maximum Gasteiger partial charge on any atom is 0.387 e. The molecular formula is C26H26F4N4O7S. The van der Waals surface area contributed by atoms with E-state index in [2.05, 4.69) is 15.0 Å². The van der Waals surface area contributed by atoms with Crippen LogP contribution < -0.4 is 25.2 Å². The zero-order valence-electron chi connectivity index (χ0n) is 22.2. The van der Waals surface area contributed by atoms with Crippen molar-refractivity contribution in [1.29, 1.82) is 0 Å². The fourth-order valence-electron chi connectivity index (χ4n) is 3.83. The lowest BCUT2D eigenvalue weighted by atomic mass is 10.0. The molecule has 1 heterocycles. The zero-order chi connectivity index (χ0) is 30.8. The minimum atomic E-state index is -4.14. The number of carbonyl (C=O) groups excluding carboxylic acids is 2. The molecule has 0 spiro atoms. The van der Waals surface area contributed by atoms with Crippen molar-refractivity contribution in [3.05, 3.63) is 65.1 Å². The van der Waals surface area contributed by atoms with Gasteiger partial charge in [0, 0.05) is 17.2 Å². The predicted octanol–water partition coefficient (Wildman–Crippen LogP) is 3.58. The highest BCUT2D eigenvalue weighted by molar-refractivity contribution is 7.89. The van der Waals surface area contributed by atoms with Crippen LogP contribution in [0, 0.1) is 17.6 Å². The summed E-state index contributed by atoms with van der Waals surface area (Å²) in [6.45, 7) is -1.39. The average Bonchev–Trinajstić information content (AvgIpc) is 3.60. The number of carbonyl (C=O) groups is 2. The van der Waals surface area contributed by atoms with Gasteiger partial charge in [-0.25, -0.2) is 22.2 Å². The van der Waals surface area contributed by atoms with Gasteiger partial charge in [-0.1, -0.05) is 6.07 Å². The number of ether oxygens (including phenoxy) is 2. The number of benzene rings is 2. The number of alkyl halides is 2. The number of halogens is 4. The number of hydrogen-bond donors (Lipinski definition) is 3. The standard InChI is InChI=1S/C26H26F4N4O7S/c1-12(31)22-21(23(35)32-20(24(36)34-42(2,37)38)16-7-6-15(27)10-17(16)28)33-25(41-22)14-5-8-18(40-26(29)30)19(9-14)39-11-13-3-4-13/h5-10,12-13,20,26H,3-4,11,31H2,1-2H3,(H,32,35)(H,34,36)/t12-,20+/m0/s1. The van der Waals surface area contributed by atoms with Crippen LogP contribution in [0.1, 0.15) is 53.7 Å². The van der Waals surface area contributed by atoms with E-state index < -0.39 is 63.4 Å². The van der Waals surface area contributed by atoms with Crippen molar-refractivity contribution in [2.45, 2.75) is 38.5 Å². The van der Waals surface area contributed by atoms with Gasteiger partial charge in [-0.05, 0) is 49.9 Å². The smallest absolute Gasteiger partial charge is 0.387 e.